The van der Waals surface area contributed by atoms with Crippen LogP contribution in [0.4, 0.5) is 5.69 Å². The fourth-order valence-corrected chi connectivity index (χ4v) is 2.51. The summed E-state index contributed by atoms with van der Waals surface area (Å²) in [6.45, 7) is 6.55. The van der Waals surface area contributed by atoms with E-state index in [-0.39, 0.29) is 6.04 Å². The van der Waals surface area contributed by atoms with Gasteiger partial charge in [-0.2, -0.15) is 0 Å². The predicted molar refractivity (Wildman–Crippen MR) is 81.5 cm³/mol. The van der Waals surface area contributed by atoms with Crippen LogP contribution in [0.5, 0.6) is 0 Å². The maximum atomic E-state index is 6.05. The Labute approximate surface area is 124 Å². The van der Waals surface area contributed by atoms with Crippen molar-refractivity contribution in [2.45, 2.75) is 39.7 Å². The average molecular weight is 294 g/mol. The lowest BCUT2D eigenvalue weighted by atomic mass is 10.0. The number of hydrogen-bond donors (Lipinski definition) is 1. The van der Waals surface area contributed by atoms with Crippen molar-refractivity contribution in [2.24, 2.45) is 5.92 Å². The first-order chi connectivity index (χ1) is 9.51. The second kappa shape index (κ2) is 6.22. The van der Waals surface area contributed by atoms with E-state index < -0.39 is 0 Å². The SMILES string of the molecule is CCC(C)CC(C)n1nnnc1-c1cc(N)cc(Cl)c1. The molecule has 0 radical (unpaired) electrons. The van der Waals surface area contributed by atoms with Crippen LogP contribution in [0.1, 0.15) is 39.7 Å². The van der Waals surface area contributed by atoms with Crippen molar-refractivity contribution >= 4 is 17.3 Å². The van der Waals surface area contributed by atoms with Gasteiger partial charge in [0.25, 0.3) is 0 Å². The first kappa shape index (κ1) is 14.8. The van der Waals surface area contributed by atoms with Crippen molar-refractivity contribution < 1.29 is 0 Å². The maximum Gasteiger partial charge on any atom is 0.182 e. The minimum atomic E-state index is 0.232. The molecule has 0 aliphatic carbocycles. The van der Waals surface area contributed by atoms with E-state index in [2.05, 4.69) is 36.3 Å². The zero-order chi connectivity index (χ0) is 14.7. The molecule has 5 nitrogen and oxygen atoms in total. The van der Waals surface area contributed by atoms with Crippen molar-refractivity contribution in [1.29, 1.82) is 0 Å². The number of nitrogens with two attached hydrogens (primary N) is 1. The van der Waals surface area contributed by atoms with Gasteiger partial charge >= 0.3 is 0 Å². The normalized spacial score (nSPS) is 14.2. The van der Waals surface area contributed by atoms with E-state index in [1.54, 1.807) is 6.07 Å². The Morgan fingerprint density at radius 1 is 1.30 bits per heavy atom. The summed E-state index contributed by atoms with van der Waals surface area (Å²) in [5.74, 6) is 1.33. The molecule has 2 N–H and O–H groups in total. The van der Waals surface area contributed by atoms with Crippen LogP contribution in [0.2, 0.25) is 5.02 Å². The number of hydrogen-bond acceptors (Lipinski definition) is 4. The summed E-state index contributed by atoms with van der Waals surface area (Å²) in [6.07, 6.45) is 2.18. The highest BCUT2D eigenvalue weighted by Crippen LogP contribution is 2.27. The molecule has 2 unspecified atom stereocenters. The van der Waals surface area contributed by atoms with Crippen LogP contribution in [0.3, 0.4) is 0 Å². The molecule has 1 aromatic heterocycles. The number of halogens is 1. The monoisotopic (exact) mass is 293 g/mol. The molecule has 0 bridgehead atoms. The minimum Gasteiger partial charge on any atom is -0.399 e. The highest BCUT2D eigenvalue weighted by molar-refractivity contribution is 6.31. The molecule has 0 spiro atoms. The molecule has 2 aromatic rings. The number of aromatic nitrogens is 4. The highest BCUT2D eigenvalue weighted by Gasteiger charge is 2.17. The summed E-state index contributed by atoms with van der Waals surface area (Å²) in [5.41, 5.74) is 7.28. The molecule has 108 valence electrons. The molecular formula is C14H20ClN5. The number of nitrogen functional groups attached to an aromatic ring is 1. The largest absolute Gasteiger partial charge is 0.399 e. The Hall–Kier alpha value is -1.62. The van der Waals surface area contributed by atoms with E-state index in [1.165, 1.54) is 0 Å². The smallest absolute Gasteiger partial charge is 0.182 e. The molecule has 0 saturated carbocycles. The first-order valence-corrected chi connectivity index (χ1v) is 7.23. The molecular weight excluding hydrogens is 274 g/mol. The van der Waals surface area contributed by atoms with Gasteiger partial charge in [-0.3, -0.25) is 0 Å². The Morgan fingerprint density at radius 3 is 2.70 bits per heavy atom. The van der Waals surface area contributed by atoms with Crippen LogP contribution in [-0.2, 0) is 0 Å². The standard InChI is InChI=1S/C14H20ClN5/c1-4-9(2)5-10(3)20-14(17-18-19-20)11-6-12(15)8-13(16)7-11/h6-10H,4-5,16H2,1-3H3. The van der Waals surface area contributed by atoms with E-state index in [0.717, 1.165) is 18.4 Å². The molecule has 0 saturated heterocycles. The van der Waals surface area contributed by atoms with Crippen molar-refractivity contribution in [3.05, 3.63) is 23.2 Å². The molecule has 1 aromatic carbocycles. The molecule has 0 fully saturated rings. The van der Waals surface area contributed by atoms with Gasteiger partial charge < -0.3 is 5.73 Å². The maximum absolute atomic E-state index is 6.05. The molecule has 1 heterocycles. The lowest BCUT2D eigenvalue weighted by molar-refractivity contribution is 0.371. The molecule has 20 heavy (non-hydrogen) atoms. The van der Waals surface area contributed by atoms with E-state index in [4.69, 9.17) is 17.3 Å². The van der Waals surface area contributed by atoms with Crippen molar-refractivity contribution in [1.82, 2.24) is 20.2 Å². The van der Waals surface area contributed by atoms with Crippen LogP contribution >= 0.6 is 11.6 Å². The van der Waals surface area contributed by atoms with E-state index in [1.807, 2.05) is 16.8 Å². The van der Waals surface area contributed by atoms with Crippen molar-refractivity contribution in [3.63, 3.8) is 0 Å². The van der Waals surface area contributed by atoms with Crippen molar-refractivity contribution in [2.75, 3.05) is 5.73 Å². The average Bonchev–Trinajstić information content (AvgIpc) is 2.86. The second-order valence-electron chi connectivity index (χ2n) is 5.32. The summed E-state index contributed by atoms with van der Waals surface area (Å²) in [5, 5.41) is 12.6. The lowest BCUT2D eigenvalue weighted by Gasteiger charge is -2.17. The molecule has 2 atom stereocenters. The van der Waals surface area contributed by atoms with Crippen LogP contribution in [0, 0.1) is 5.92 Å². The third kappa shape index (κ3) is 3.28. The minimum absolute atomic E-state index is 0.232. The molecule has 0 amide bonds. The highest BCUT2D eigenvalue weighted by atomic mass is 35.5. The summed E-state index contributed by atoms with van der Waals surface area (Å²) < 4.78 is 1.84. The van der Waals surface area contributed by atoms with Gasteiger partial charge in [0.1, 0.15) is 0 Å². The summed E-state index contributed by atoms with van der Waals surface area (Å²) >= 11 is 6.05. The van der Waals surface area contributed by atoms with E-state index in [9.17, 15) is 0 Å². The van der Waals surface area contributed by atoms with E-state index in [0.29, 0.717) is 22.5 Å². The van der Waals surface area contributed by atoms with Crippen LogP contribution < -0.4 is 5.73 Å². The summed E-state index contributed by atoms with van der Waals surface area (Å²) in [7, 11) is 0. The summed E-state index contributed by atoms with van der Waals surface area (Å²) in [4.78, 5) is 0. The van der Waals surface area contributed by atoms with Crippen LogP contribution in [-0.4, -0.2) is 20.2 Å². The number of benzene rings is 1. The van der Waals surface area contributed by atoms with Crippen molar-refractivity contribution in [3.8, 4) is 11.4 Å². The van der Waals surface area contributed by atoms with Gasteiger partial charge in [0.05, 0.1) is 6.04 Å². The quantitative estimate of drug-likeness (QED) is 0.856. The van der Waals surface area contributed by atoms with Gasteiger partial charge in [0, 0.05) is 16.3 Å². The van der Waals surface area contributed by atoms with Gasteiger partial charge in [-0.1, -0.05) is 31.9 Å². The topological polar surface area (TPSA) is 69.6 Å². The zero-order valence-electron chi connectivity index (χ0n) is 12.0. The predicted octanol–water partition coefficient (Wildman–Crippen LogP) is 3.57. The fourth-order valence-electron chi connectivity index (χ4n) is 2.27. The number of rotatable bonds is 5. The lowest BCUT2D eigenvalue weighted by Crippen LogP contribution is -2.12. The molecule has 0 aliphatic rings. The zero-order valence-corrected chi connectivity index (χ0v) is 12.8. The summed E-state index contributed by atoms with van der Waals surface area (Å²) in [6, 6.07) is 5.61. The Bertz CT molecular complexity index is 560. The fraction of sp³-hybridized carbons (Fsp3) is 0.500. The number of tetrazole rings is 1. The van der Waals surface area contributed by atoms with Gasteiger partial charge in [-0.05, 0) is 47.9 Å². The van der Waals surface area contributed by atoms with Gasteiger partial charge in [0.2, 0.25) is 0 Å². The van der Waals surface area contributed by atoms with Gasteiger partial charge in [-0.25, -0.2) is 4.68 Å². The second-order valence-corrected chi connectivity index (χ2v) is 5.75. The third-order valence-corrected chi connectivity index (χ3v) is 3.75. The molecule has 6 heteroatoms. The van der Waals surface area contributed by atoms with Crippen LogP contribution in [0.15, 0.2) is 18.2 Å². The van der Waals surface area contributed by atoms with E-state index >= 15 is 0 Å². The Morgan fingerprint density at radius 2 is 2.05 bits per heavy atom. The number of nitrogens with zero attached hydrogens (tertiary/aromatic N) is 4. The first-order valence-electron chi connectivity index (χ1n) is 6.85. The van der Waals surface area contributed by atoms with Crippen LogP contribution in [0.25, 0.3) is 11.4 Å². The third-order valence-electron chi connectivity index (χ3n) is 3.53. The van der Waals surface area contributed by atoms with Gasteiger partial charge in [-0.15, -0.1) is 5.10 Å². The Balaban J connectivity index is 2.32. The molecule has 2 rings (SSSR count). The number of anilines is 1. The van der Waals surface area contributed by atoms with Gasteiger partial charge in [0.15, 0.2) is 5.82 Å². The Kier molecular flexibility index (Phi) is 4.60. The molecule has 0 aliphatic heterocycles.